The molecule has 1 aromatic rings. The number of esters is 1. The lowest BCUT2D eigenvalue weighted by molar-refractivity contribution is -0.117. The average molecular weight is 430 g/mol. The van der Waals surface area contributed by atoms with Crippen LogP contribution in [0.2, 0.25) is 0 Å². The Morgan fingerprint density at radius 2 is 1.82 bits per heavy atom. The van der Waals surface area contributed by atoms with Crippen LogP contribution in [-0.4, -0.2) is 75.1 Å². The summed E-state index contributed by atoms with van der Waals surface area (Å²) < 4.78 is 29.8. The summed E-state index contributed by atoms with van der Waals surface area (Å²) in [5.41, 5.74) is 1.53. The molecular weight excluding hydrogens is 402 g/mol. The predicted molar refractivity (Wildman–Crippen MR) is 108 cm³/mol. The number of nitrogens with one attached hydrogen (secondary N) is 1. The number of carbonyl (C=O) groups is 2. The Balaban J connectivity index is 1.66. The standard InChI is InChI=1S/C18H27N3O5S2/c1-3-26-18(23)16-13-6-4-5-7-14(13)27-17(16)19-15(22)12-20-8-10-21(11-9-20)28(2,24)25/h3-12H2,1-2H3,(H,19,22). The molecule has 1 saturated heterocycles. The number of hydrogen-bond acceptors (Lipinski definition) is 7. The van der Waals surface area contributed by atoms with E-state index in [2.05, 4.69) is 5.32 Å². The first-order valence-corrected chi connectivity index (χ1v) is 12.2. The van der Waals surface area contributed by atoms with Gasteiger partial charge < -0.3 is 10.1 Å². The molecule has 0 unspecified atom stereocenters. The van der Waals surface area contributed by atoms with Crippen molar-refractivity contribution < 1.29 is 22.7 Å². The second kappa shape index (κ2) is 8.89. The lowest BCUT2D eigenvalue weighted by Crippen LogP contribution is -2.50. The number of carbonyl (C=O) groups excluding carboxylic acids is 2. The van der Waals surface area contributed by atoms with E-state index in [1.54, 1.807) is 6.92 Å². The Hall–Kier alpha value is -1.49. The topological polar surface area (TPSA) is 96.0 Å². The van der Waals surface area contributed by atoms with E-state index in [-0.39, 0.29) is 18.4 Å². The van der Waals surface area contributed by atoms with Gasteiger partial charge in [0.05, 0.1) is 25.0 Å². The van der Waals surface area contributed by atoms with Gasteiger partial charge in [0.1, 0.15) is 5.00 Å². The number of amides is 1. The second-order valence-electron chi connectivity index (χ2n) is 7.12. The number of sulfonamides is 1. The van der Waals surface area contributed by atoms with Gasteiger partial charge in [0.2, 0.25) is 15.9 Å². The highest BCUT2D eigenvalue weighted by Crippen LogP contribution is 2.38. The van der Waals surface area contributed by atoms with Crippen LogP contribution in [0.1, 0.15) is 40.6 Å². The third-order valence-electron chi connectivity index (χ3n) is 5.07. The summed E-state index contributed by atoms with van der Waals surface area (Å²) in [6.07, 6.45) is 5.09. The van der Waals surface area contributed by atoms with Gasteiger partial charge in [-0.3, -0.25) is 9.69 Å². The largest absolute Gasteiger partial charge is 0.462 e. The van der Waals surface area contributed by atoms with Crippen molar-refractivity contribution in [1.29, 1.82) is 0 Å². The maximum atomic E-state index is 12.6. The molecule has 0 bridgehead atoms. The molecule has 0 spiro atoms. The zero-order valence-electron chi connectivity index (χ0n) is 16.3. The fraction of sp³-hybridized carbons (Fsp3) is 0.667. The molecule has 0 radical (unpaired) electrons. The number of hydrogen-bond donors (Lipinski definition) is 1. The van der Waals surface area contributed by atoms with Crippen LogP contribution in [0.3, 0.4) is 0 Å². The molecule has 1 fully saturated rings. The normalized spacial score (nSPS) is 18.5. The SMILES string of the molecule is CCOC(=O)c1c(NC(=O)CN2CCN(S(C)(=O)=O)CC2)sc2c1CCCC2. The zero-order valence-corrected chi connectivity index (χ0v) is 18.0. The average Bonchev–Trinajstić information content (AvgIpc) is 2.99. The van der Waals surface area contributed by atoms with E-state index in [0.29, 0.717) is 43.4 Å². The number of thiophene rings is 1. The first-order valence-electron chi connectivity index (χ1n) is 9.58. The van der Waals surface area contributed by atoms with Gasteiger partial charge in [-0.2, -0.15) is 4.31 Å². The van der Waals surface area contributed by atoms with E-state index < -0.39 is 10.0 Å². The third kappa shape index (κ3) is 4.91. The van der Waals surface area contributed by atoms with Gasteiger partial charge in [-0.1, -0.05) is 0 Å². The van der Waals surface area contributed by atoms with Crippen molar-refractivity contribution in [2.75, 3.05) is 50.9 Å². The number of aryl methyl sites for hydroxylation is 1. The smallest absolute Gasteiger partial charge is 0.341 e. The van der Waals surface area contributed by atoms with Crippen LogP contribution in [0.5, 0.6) is 0 Å². The lowest BCUT2D eigenvalue weighted by Gasteiger charge is -2.32. The highest BCUT2D eigenvalue weighted by Gasteiger charge is 2.28. The number of rotatable bonds is 6. The third-order valence-corrected chi connectivity index (χ3v) is 7.58. The molecule has 0 atom stereocenters. The van der Waals surface area contributed by atoms with E-state index in [9.17, 15) is 18.0 Å². The van der Waals surface area contributed by atoms with Crippen molar-refractivity contribution in [1.82, 2.24) is 9.21 Å². The number of ether oxygens (including phenoxy) is 1. The van der Waals surface area contributed by atoms with Crippen molar-refractivity contribution in [3.05, 3.63) is 16.0 Å². The Morgan fingerprint density at radius 3 is 2.46 bits per heavy atom. The molecule has 1 aliphatic heterocycles. The number of anilines is 1. The van der Waals surface area contributed by atoms with Gasteiger partial charge >= 0.3 is 5.97 Å². The molecule has 1 N–H and O–H groups in total. The molecule has 28 heavy (non-hydrogen) atoms. The minimum Gasteiger partial charge on any atom is -0.462 e. The van der Waals surface area contributed by atoms with E-state index in [1.165, 1.54) is 21.9 Å². The van der Waals surface area contributed by atoms with Crippen molar-refractivity contribution in [2.24, 2.45) is 0 Å². The molecule has 1 aromatic heterocycles. The van der Waals surface area contributed by atoms with Crippen LogP contribution in [0.15, 0.2) is 0 Å². The summed E-state index contributed by atoms with van der Waals surface area (Å²) in [5, 5.41) is 3.48. The van der Waals surface area contributed by atoms with Crippen LogP contribution in [-0.2, 0) is 32.4 Å². The monoisotopic (exact) mass is 429 g/mol. The highest BCUT2D eigenvalue weighted by atomic mass is 32.2. The van der Waals surface area contributed by atoms with E-state index in [0.717, 1.165) is 36.1 Å². The molecule has 2 aliphatic rings. The lowest BCUT2D eigenvalue weighted by atomic mass is 9.95. The van der Waals surface area contributed by atoms with E-state index >= 15 is 0 Å². The van der Waals surface area contributed by atoms with Gasteiger partial charge in [-0.25, -0.2) is 13.2 Å². The Kier molecular flexibility index (Phi) is 6.74. The molecule has 156 valence electrons. The quantitative estimate of drug-likeness (QED) is 0.685. The first-order chi connectivity index (χ1) is 13.3. The molecule has 3 rings (SSSR count). The molecule has 10 heteroatoms. The summed E-state index contributed by atoms with van der Waals surface area (Å²) in [6, 6.07) is 0. The van der Waals surface area contributed by atoms with Crippen LogP contribution >= 0.6 is 11.3 Å². The van der Waals surface area contributed by atoms with Crippen molar-refractivity contribution in [3.8, 4) is 0 Å². The number of piperazine rings is 1. The molecule has 0 aromatic carbocycles. The van der Waals surface area contributed by atoms with Gasteiger partial charge in [-0.05, 0) is 38.2 Å². The molecule has 2 heterocycles. The zero-order chi connectivity index (χ0) is 20.3. The number of fused-ring (bicyclic) bond motifs is 1. The molecule has 0 saturated carbocycles. The van der Waals surface area contributed by atoms with Gasteiger partial charge in [-0.15, -0.1) is 11.3 Å². The van der Waals surface area contributed by atoms with Crippen molar-refractivity contribution in [3.63, 3.8) is 0 Å². The maximum absolute atomic E-state index is 12.6. The first kappa shape index (κ1) is 21.2. The summed E-state index contributed by atoms with van der Waals surface area (Å²) in [4.78, 5) is 28.1. The summed E-state index contributed by atoms with van der Waals surface area (Å²) in [6.45, 7) is 4.01. The fourth-order valence-electron chi connectivity index (χ4n) is 3.66. The predicted octanol–water partition coefficient (Wildman–Crippen LogP) is 1.32. The van der Waals surface area contributed by atoms with Gasteiger partial charge in [0.15, 0.2) is 0 Å². The van der Waals surface area contributed by atoms with Crippen LogP contribution < -0.4 is 5.32 Å². The minimum absolute atomic E-state index is 0.169. The molecule has 8 nitrogen and oxygen atoms in total. The fourth-order valence-corrected chi connectivity index (χ4v) is 5.78. The van der Waals surface area contributed by atoms with Gasteiger partial charge in [0, 0.05) is 31.1 Å². The van der Waals surface area contributed by atoms with E-state index in [1.807, 2.05) is 4.90 Å². The summed E-state index contributed by atoms with van der Waals surface area (Å²) in [5.74, 6) is -0.573. The number of nitrogens with zero attached hydrogens (tertiary/aromatic N) is 2. The summed E-state index contributed by atoms with van der Waals surface area (Å²) >= 11 is 1.47. The van der Waals surface area contributed by atoms with Gasteiger partial charge in [0.25, 0.3) is 0 Å². The Labute approximate surface area is 169 Å². The Bertz CT molecular complexity index is 842. The van der Waals surface area contributed by atoms with Crippen LogP contribution in [0.25, 0.3) is 0 Å². The molecular formula is C18H27N3O5S2. The minimum atomic E-state index is -3.19. The maximum Gasteiger partial charge on any atom is 0.341 e. The highest BCUT2D eigenvalue weighted by molar-refractivity contribution is 7.88. The van der Waals surface area contributed by atoms with Crippen molar-refractivity contribution in [2.45, 2.75) is 32.6 Å². The second-order valence-corrected chi connectivity index (χ2v) is 10.2. The Morgan fingerprint density at radius 1 is 1.14 bits per heavy atom. The van der Waals surface area contributed by atoms with Crippen LogP contribution in [0, 0.1) is 0 Å². The molecule has 1 aliphatic carbocycles. The van der Waals surface area contributed by atoms with E-state index in [4.69, 9.17) is 4.74 Å². The van der Waals surface area contributed by atoms with Crippen molar-refractivity contribution >= 4 is 38.2 Å². The molecule has 1 amide bonds. The van der Waals surface area contributed by atoms with Crippen LogP contribution in [0.4, 0.5) is 5.00 Å². The summed E-state index contributed by atoms with van der Waals surface area (Å²) in [7, 11) is -3.19.